The molecule has 20 heavy (non-hydrogen) atoms. The van der Waals surface area contributed by atoms with Gasteiger partial charge in [0.2, 0.25) is 5.82 Å². The molecule has 2 rings (SSSR count). The molecule has 1 aliphatic rings. The molecule has 8 heteroatoms. The fraction of sp³-hybridized carbons (Fsp3) is 0.667. The van der Waals surface area contributed by atoms with Gasteiger partial charge in [0.1, 0.15) is 11.0 Å². The Bertz CT molecular complexity index is 470. The summed E-state index contributed by atoms with van der Waals surface area (Å²) in [5.74, 6) is -1.06. The summed E-state index contributed by atoms with van der Waals surface area (Å²) in [5, 5.41) is 3.26. The van der Waals surface area contributed by atoms with Gasteiger partial charge in [-0.1, -0.05) is 24.4 Å². The lowest BCUT2D eigenvalue weighted by molar-refractivity contribution is -0.144. The highest BCUT2D eigenvalue weighted by molar-refractivity contribution is 7.99. The third kappa shape index (κ3) is 3.91. The van der Waals surface area contributed by atoms with E-state index in [0.717, 1.165) is 25.7 Å². The van der Waals surface area contributed by atoms with Crippen molar-refractivity contribution in [2.45, 2.75) is 43.2 Å². The average molecular weight is 326 g/mol. The first kappa shape index (κ1) is 15.7. The van der Waals surface area contributed by atoms with Crippen molar-refractivity contribution in [2.24, 2.45) is 0 Å². The lowest BCUT2D eigenvalue weighted by Crippen LogP contribution is -2.34. The molecule has 0 saturated heterocycles. The highest BCUT2D eigenvalue weighted by Crippen LogP contribution is 2.31. The van der Waals surface area contributed by atoms with Crippen LogP contribution in [0.1, 0.15) is 31.5 Å². The van der Waals surface area contributed by atoms with Crippen LogP contribution >= 0.6 is 23.4 Å². The molecule has 0 spiro atoms. The van der Waals surface area contributed by atoms with Crippen molar-refractivity contribution < 1.29 is 13.2 Å². The van der Waals surface area contributed by atoms with Gasteiger partial charge in [-0.3, -0.25) is 0 Å². The van der Waals surface area contributed by atoms with Crippen molar-refractivity contribution >= 4 is 29.2 Å². The SMILES string of the molecule is CSC1CCCCC1Nc1cc(Cl)nc(C(F)(F)F)n1. The third-order valence-corrected chi connectivity index (χ3v) is 4.65. The van der Waals surface area contributed by atoms with Gasteiger partial charge in [-0.15, -0.1) is 0 Å². The van der Waals surface area contributed by atoms with Crippen LogP contribution in [-0.4, -0.2) is 27.5 Å². The summed E-state index contributed by atoms with van der Waals surface area (Å²) in [6.07, 6.45) is 1.63. The fourth-order valence-electron chi connectivity index (χ4n) is 2.35. The molecule has 1 N–H and O–H groups in total. The second-order valence-corrected chi connectivity index (χ2v) is 6.17. The molecule has 1 heterocycles. The lowest BCUT2D eigenvalue weighted by Gasteiger charge is -2.31. The van der Waals surface area contributed by atoms with Crippen molar-refractivity contribution in [3.63, 3.8) is 0 Å². The average Bonchev–Trinajstić information content (AvgIpc) is 2.37. The number of hydrogen-bond donors (Lipinski definition) is 1. The van der Waals surface area contributed by atoms with Crippen LogP contribution in [0.25, 0.3) is 0 Å². The molecule has 1 saturated carbocycles. The van der Waals surface area contributed by atoms with E-state index in [1.54, 1.807) is 11.8 Å². The van der Waals surface area contributed by atoms with Crippen molar-refractivity contribution in [3.8, 4) is 0 Å². The van der Waals surface area contributed by atoms with E-state index in [0.29, 0.717) is 5.25 Å². The van der Waals surface area contributed by atoms with E-state index in [1.165, 1.54) is 6.07 Å². The van der Waals surface area contributed by atoms with Crippen LogP contribution in [0.3, 0.4) is 0 Å². The van der Waals surface area contributed by atoms with E-state index >= 15 is 0 Å². The van der Waals surface area contributed by atoms with E-state index in [4.69, 9.17) is 11.6 Å². The van der Waals surface area contributed by atoms with E-state index in [9.17, 15) is 13.2 Å². The van der Waals surface area contributed by atoms with Gasteiger partial charge in [-0.25, -0.2) is 9.97 Å². The Morgan fingerprint density at radius 2 is 2.00 bits per heavy atom. The van der Waals surface area contributed by atoms with Crippen LogP contribution < -0.4 is 5.32 Å². The Balaban J connectivity index is 2.18. The summed E-state index contributed by atoms with van der Waals surface area (Å²) in [4.78, 5) is 6.75. The van der Waals surface area contributed by atoms with Gasteiger partial charge in [0.25, 0.3) is 0 Å². The number of hydrogen-bond acceptors (Lipinski definition) is 4. The van der Waals surface area contributed by atoms with Gasteiger partial charge in [0.05, 0.1) is 0 Å². The number of nitrogens with zero attached hydrogens (tertiary/aromatic N) is 2. The van der Waals surface area contributed by atoms with Gasteiger partial charge >= 0.3 is 6.18 Å². The summed E-state index contributed by atoms with van der Waals surface area (Å²) >= 11 is 7.37. The van der Waals surface area contributed by atoms with E-state index in [1.807, 2.05) is 6.26 Å². The van der Waals surface area contributed by atoms with Gasteiger partial charge in [0, 0.05) is 17.4 Å². The minimum absolute atomic E-state index is 0.116. The van der Waals surface area contributed by atoms with Crippen LogP contribution in [0, 0.1) is 0 Å². The number of anilines is 1. The maximum Gasteiger partial charge on any atom is 0.451 e. The highest BCUT2D eigenvalue weighted by atomic mass is 35.5. The van der Waals surface area contributed by atoms with Crippen molar-refractivity contribution in [2.75, 3.05) is 11.6 Å². The Morgan fingerprint density at radius 1 is 1.30 bits per heavy atom. The summed E-state index contributed by atoms with van der Waals surface area (Å²) in [7, 11) is 0. The van der Waals surface area contributed by atoms with Gasteiger partial charge in [-0.2, -0.15) is 24.9 Å². The van der Waals surface area contributed by atoms with Crippen molar-refractivity contribution in [1.82, 2.24) is 9.97 Å². The minimum Gasteiger partial charge on any atom is -0.366 e. The predicted molar refractivity (Wildman–Crippen MR) is 75.2 cm³/mol. The number of aromatic nitrogens is 2. The quantitative estimate of drug-likeness (QED) is 0.844. The maximum absolute atomic E-state index is 12.7. The molecule has 0 aromatic carbocycles. The molecule has 3 nitrogen and oxygen atoms in total. The molecule has 0 radical (unpaired) electrons. The number of halogens is 4. The summed E-state index contributed by atoms with van der Waals surface area (Å²) < 4.78 is 38.0. The molecule has 0 bridgehead atoms. The van der Waals surface area contributed by atoms with E-state index < -0.39 is 12.0 Å². The second-order valence-electron chi connectivity index (χ2n) is 4.71. The van der Waals surface area contributed by atoms with Crippen LogP contribution in [0.2, 0.25) is 5.15 Å². The zero-order valence-electron chi connectivity index (χ0n) is 10.9. The fourth-order valence-corrected chi connectivity index (χ4v) is 3.47. The Labute approximate surface area is 124 Å². The topological polar surface area (TPSA) is 37.8 Å². The smallest absolute Gasteiger partial charge is 0.366 e. The zero-order chi connectivity index (χ0) is 14.8. The molecular weight excluding hydrogens is 311 g/mol. The van der Waals surface area contributed by atoms with Crippen molar-refractivity contribution in [1.29, 1.82) is 0 Å². The predicted octanol–water partition coefficient (Wildman–Crippen LogP) is 4.23. The van der Waals surface area contributed by atoms with E-state index in [2.05, 4.69) is 15.3 Å². The first-order valence-corrected chi connectivity index (χ1v) is 7.98. The maximum atomic E-state index is 12.7. The molecular formula is C12H15ClF3N3S. The number of rotatable bonds is 3. The molecule has 1 aliphatic carbocycles. The number of nitrogens with one attached hydrogen (secondary N) is 1. The molecule has 2 unspecified atom stereocenters. The Morgan fingerprint density at radius 3 is 2.65 bits per heavy atom. The minimum atomic E-state index is -4.59. The molecule has 1 aromatic heterocycles. The standard InChI is InChI=1S/C12H15ClF3N3S/c1-20-8-5-3-2-4-7(8)17-10-6-9(13)18-11(19-10)12(14,15)16/h6-8H,2-5H2,1H3,(H,17,18,19). The van der Waals surface area contributed by atoms with Gasteiger partial charge in [0.15, 0.2) is 0 Å². The second kappa shape index (κ2) is 6.39. The molecule has 0 amide bonds. The first-order valence-electron chi connectivity index (χ1n) is 6.31. The summed E-state index contributed by atoms with van der Waals surface area (Å²) in [6.45, 7) is 0. The first-order chi connectivity index (χ1) is 9.40. The molecule has 0 aliphatic heterocycles. The van der Waals surface area contributed by atoms with E-state index in [-0.39, 0.29) is 17.0 Å². The van der Waals surface area contributed by atoms with Crippen LogP contribution in [-0.2, 0) is 6.18 Å². The van der Waals surface area contributed by atoms with Crippen LogP contribution in [0.15, 0.2) is 6.07 Å². The zero-order valence-corrected chi connectivity index (χ0v) is 12.4. The third-order valence-electron chi connectivity index (χ3n) is 3.29. The van der Waals surface area contributed by atoms with Crippen molar-refractivity contribution in [3.05, 3.63) is 17.0 Å². The summed E-state index contributed by atoms with van der Waals surface area (Å²) in [5.41, 5.74) is 0. The number of thioether (sulfide) groups is 1. The Kier molecular flexibility index (Phi) is 5.01. The van der Waals surface area contributed by atoms with Gasteiger partial charge < -0.3 is 5.32 Å². The van der Waals surface area contributed by atoms with Gasteiger partial charge in [-0.05, 0) is 19.1 Å². The molecule has 2 atom stereocenters. The summed E-state index contributed by atoms with van der Waals surface area (Å²) in [6, 6.07) is 1.45. The largest absolute Gasteiger partial charge is 0.451 e. The van der Waals surface area contributed by atoms with Crippen LogP contribution in [0.5, 0.6) is 0 Å². The molecule has 1 aromatic rings. The molecule has 1 fully saturated rings. The highest BCUT2D eigenvalue weighted by Gasteiger charge is 2.35. The lowest BCUT2D eigenvalue weighted by atomic mass is 9.95. The number of alkyl halides is 3. The Hall–Kier alpha value is -0.690. The monoisotopic (exact) mass is 325 g/mol. The van der Waals surface area contributed by atoms with Crippen LogP contribution in [0.4, 0.5) is 19.0 Å². The normalized spacial score (nSPS) is 23.6. The molecule has 112 valence electrons.